The van der Waals surface area contributed by atoms with Crippen molar-refractivity contribution in [2.75, 3.05) is 0 Å². The van der Waals surface area contributed by atoms with Gasteiger partial charge in [-0.3, -0.25) is 4.79 Å². The van der Waals surface area contributed by atoms with Crippen LogP contribution in [0.25, 0.3) is 0 Å². The lowest BCUT2D eigenvalue weighted by molar-refractivity contribution is -0.146. The van der Waals surface area contributed by atoms with Crippen molar-refractivity contribution in [3.63, 3.8) is 0 Å². The summed E-state index contributed by atoms with van der Waals surface area (Å²) in [6.07, 6.45) is 4.31. The first-order chi connectivity index (χ1) is 7.00. The number of carboxylic acid groups (broad SMARTS) is 1. The molecule has 2 nitrogen and oxygen atoms in total. The molecule has 84 valence electrons. The molecular weight excluding hydrogens is 188 g/mol. The Morgan fingerprint density at radius 1 is 1.47 bits per heavy atom. The summed E-state index contributed by atoms with van der Waals surface area (Å²) in [5.41, 5.74) is 1.43. The van der Waals surface area contributed by atoms with Gasteiger partial charge in [-0.1, -0.05) is 25.5 Å². The van der Waals surface area contributed by atoms with Crippen molar-refractivity contribution in [1.29, 1.82) is 0 Å². The third-order valence-electron chi connectivity index (χ3n) is 4.33. The van der Waals surface area contributed by atoms with Crippen LogP contribution in [0.4, 0.5) is 0 Å². The van der Waals surface area contributed by atoms with Crippen LogP contribution in [0.3, 0.4) is 0 Å². The number of hydrogen-bond donors (Lipinski definition) is 1. The first kappa shape index (κ1) is 10.7. The second-order valence-corrected chi connectivity index (χ2v) is 5.51. The fourth-order valence-corrected chi connectivity index (χ4v) is 3.38. The van der Waals surface area contributed by atoms with Crippen molar-refractivity contribution < 1.29 is 9.90 Å². The minimum absolute atomic E-state index is 0.125. The largest absolute Gasteiger partial charge is 0.481 e. The van der Waals surface area contributed by atoms with Crippen molar-refractivity contribution in [2.45, 2.75) is 33.6 Å². The fraction of sp³-hybridized carbons (Fsp3) is 0.769. The number of hydrogen-bond acceptors (Lipinski definition) is 1. The summed E-state index contributed by atoms with van der Waals surface area (Å²) in [6.45, 7) is 6.59. The molecule has 3 aliphatic rings. The fourth-order valence-electron chi connectivity index (χ4n) is 3.38. The van der Waals surface area contributed by atoms with Crippen LogP contribution in [0.15, 0.2) is 11.6 Å². The van der Waals surface area contributed by atoms with Gasteiger partial charge in [0, 0.05) is 0 Å². The maximum atomic E-state index is 11.2. The van der Waals surface area contributed by atoms with Crippen LogP contribution in [0, 0.1) is 29.6 Å². The number of aliphatic carboxylic acids is 1. The van der Waals surface area contributed by atoms with E-state index in [0.717, 1.165) is 6.42 Å². The molecule has 0 aromatic carbocycles. The summed E-state index contributed by atoms with van der Waals surface area (Å²) in [5, 5.41) is 9.22. The molecule has 4 atom stereocenters. The van der Waals surface area contributed by atoms with E-state index in [0.29, 0.717) is 17.8 Å². The molecule has 1 saturated carbocycles. The highest BCUT2D eigenvalue weighted by Crippen LogP contribution is 2.49. The quantitative estimate of drug-likeness (QED) is 0.708. The van der Waals surface area contributed by atoms with Crippen LogP contribution in [-0.4, -0.2) is 11.1 Å². The maximum Gasteiger partial charge on any atom is 0.307 e. The van der Waals surface area contributed by atoms with Gasteiger partial charge in [0.2, 0.25) is 0 Å². The van der Waals surface area contributed by atoms with Gasteiger partial charge in [0.1, 0.15) is 0 Å². The molecule has 3 aliphatic carbocycles. The SMILES string of the molecule is CC1=CC2C(C(=O)O)CC1CC2C(C)C. The Hall–Kier alpha value is -0.790. The molecule has 1 N–H and O–H groups in total. The number of rotatable bonds is 2. The lowest BCUT2D eigenvalue weighted by Gasteiger charge is -2.46. The molecule has 0 aromatic heterocycles. The monoisotopic (exact) mass is 208 g/mol. The smallest absolute Gasteiger partial charge is 0.307 e. The van der Waals surface area contributed by atoms with Gasteiger partial charge in [-0.25, -0.2) is 0 Å². The number of fused-ring (bicyclic) bond motifs is 2. The van der Waals surface area contributed by atoms with Gasteiger partial charge in [-0.15, -0.1) is 0 Å². The molecule has 3 rings (SSSR count). The zero-order valence-corrected chi connectivity index (χ0v) is 9.73. The van der Waals surface area contributed by atoms with Gasteiger partial charge < -0.3 is 5.11 Å². The second-order valence-electron chi connectivity index (χ2n) is 5.51. The molecule has 0 heterocycles. The number of carbonyl (C=O) groups is 1. The summed E-state index contributed by atoms with van der Waals surface area (Å²) in [4.78, 5) is 11.2. The average Bonchev–Trinajstić information content (AvgIpc) is 2.17. The molecule has 2 bridgehead atoms. The Balaban J connectivity index is 2.28. The minimum Gasteiger partial charge on any atom is -0.481 e. The van der Waals surface area contributed by atoms with Crippen molar-refractivity contribution in [2.24, 2.45) is 29.6 Å². The lowest BCUT2D eigenvalue weighted by atomic mass is 9.58. The van der Waals surface area contributed by atoms with E-state index in [4.69, 9.17) is 0 Å². The maximum absolute atomic E-state index is 11.2. The van der Waals surface area contributed by atoms with E-state index in [-0.39, 0.29) is 11.8 Å². The van der Waals surface area contributed by atoms with Crippen molar-refractivity contribution in [3.05, 3.63) is 11.6 Å². The Morgan fingerprint density at radius 2 is 2.13 bits per heavy atom. The van der Waals surface area contributed by atoms with E-state index in [1.165, 1.54) is 12.0 Å². The van der Waals surface area contributed by atoms with Crippen LogP contribution in [0.2, 0.25) is 0 Å². The molecule has 0 aromatic rings. The molecule has 1 fully saturated rings. The molecule has 15 heavy (non-hydrogen) atoms. The summed E-state index contributed by atoms with van der Waals surface area (Å²) in [5.74, 6) is 1.27. The van der Waals surface area contributed by atoms with Crippen LogP contribution < -0.4 is 0 Å². The molecule has 0 saturated heterocycles. The van der Waals surface area contributed by atoms with Gasteiger partial charge in [0.05, 0.1) is 5.92 Å². The number of allylic oxidation sites excluding steroid dienone is 2. The van der Waals surface area contributed by atoms with E-state index >= 15 is 0 Å². The van der Waals surface area contributed by atoms with Crippen LogP contribution in [0.1, 0.15) is 33.6 Å². The predicted molar refractivity (Wildman–Crippen MR) is 59.4 cm³/mol. The zero-order chi connectivity index (χ0) is 11.2. The highest BCUT2D eigenvalue weighted by Gasteiger charge is 2.45. The van der Waals surface area contributed by atoms with E-state index in [1.54, 1.807) is 0 Å². The van der Waals surface area contributed by atoms with Crippen molar-refractivity contribution in [3.8, 4) is 0 Å². The molecule has 0 radical (unpaired) electrons. The third kappa shape index (κ3) is 1.70. The molecule has 2 heteroatoms. The summed E-state index contributed by atoms with van der Waals surface area (Å²) >= 11 is 0. The summed E-state index contributed by atoms with van der Waals surface area (Å²) in [7, 11) is 0. The zero-order valence-electron chi connectivity index (χ0n) is 9.73. The predicted octanol–water partition coefficient (Wildman–Crippen LogP) is 2.95. The first-order valence-corrected chi connectivity index (χ1v) is 5.91. The Kier molecular flexibility index (Phi) is 2.61. The van der Waals surface area contributed by atoms with Gasteiger partial charge in [-0.05, 0) is 43.4 Å². The van der Waals surface area contributed by atoms with Gasteiger partial charge in [-0.2, -0.15) is 0 Å². The lowest BCUT2D eigenvalue weighted by Crippen LogP contribution is -2.42. The van der Waals surface area contributed by atoms with Crippen LogP contribution in [0.5, 0.6) is 0 Å². The topological polar surface area (TPSA) is 37.3 Å². The van der Waals surface area contributed by atoms with E-state index in [2.05, 4.69) is 26.8 Å². The number of carboxylic acids is 1. The van der Waals surface area contributed by atoms with Gasteiger partial charge in [0.25, 0.3) is 0 Å². The van der Waals surface area contributed by atoms with E-state index in [1.807, 2.05) is 0 Å². The molecular formula is C13H20O2. The van der Waals surface area contributed by atoms with Crippen molar-refractivity contribution >= 4 is 5.97 Å². The second kappa shape index (κ2) is 3.66. The third-order valence-corrected chi connectivity index (χ3v) is 4.33. The standard InChI is InChI=1S/C13H20O2/c1-7(2)10-5-9-6-12(13(14)15)11(10)4-8(9)3/h4,7,9-12H,5-6H2,1-3H3,(H,14,15). The van der Waals surface area contributed by atoms with E-state index < -0.39 is 5.97 Å². The molecule has 0 aliphatic heterocycles. The minimum atomic E-state index is -0.598. The normalized spacial score (nSPS) is 39.3. The highest BCUT2D eigenvalue weighted by molar-refractivity contribution is 5.71. The molecule has 0 amide bonds. The Morgan fingerprint density at radius 3 is 2.60 bits per heavy atom. The summed E-state index contributed by atoms with van der Waals surface area (Å²) in [6, 6.07) is 0. The average molecular weight is 208 g/mol. The Labute approximate surface area is 91.4 Å². The summed E-state index contributed by atoms with van der Waals surface area (Å²) < 4.78 is 0. The van der Waals surface area contributed by atoms with Gasteiger partial charge >= 0.3 is 5.97 Å². The first-order valence-electron chi connectivity index (χ1n) is 5.91. The van der Waals surface area contributed by atoms with Crippen LogP contribution in [-0.2, 0) is 4.79 Å². The molecule has 0 spiro atoms. The highest BCUT2D eigenvalue weighted by atomic mass is 16.4. The molecule has 4 unspecified atom stereocenters. The van der Waals surface area contributed by atoms with Crippen molar-refractivity contribution in [1.82, 2.24) is 0 Å². The Bertz CT molecular complexity index is 304. The van der Waals surface area contributed by atoms with E-state index in [9.17, 15) is 9.90 Å². The van der Waals surface area contributed by atoms with Crippen LogP contribution >= 0.6 is 0 Å². The van der Waals surface area contributed by atoms with Gasteiger partial charge in [0.15, 0.2) is 0 Å².